The van der Waals surface area contributed by atoms with Gasteiger partial charge in [0, 0.05) is 17.7 Å². The van der Waals surface area contributed by atoms with Crippen molar-refractivity contribution in [2.24, 2.45) is 10.8 Å². The molecule has 3 amide bonds. The summed E-state index contributed by atoms with van der Waals surface area (Å²) in [6.45, 7) is 5.62. The van der Waals surface area contributed by atoms with E-state index >= 15 is 0 Å². The fraction of sp³-hybridized carbons (Fsp3) is 0.474. The summed E-state index contributed by atoms with van der Waals surface area (Å²) in [4.78, 5) is 39.1. The Kier molecular flexibility index (Phi) is 5.83. The van der Waals surface area contributed by atoms with Crippen molar-refractivity contribution < 1.29 is 18.8 Å². The van der Waals surface area contributed by atoms with Crippen molar-refractivity contribution in [3.05, 3.63) is 30.1 Å². The zero-order valence-corrected chi connectivity index (χ0v) is 17.3. The molecule has 2 atom stereocenters. The van der Waals surface area contributed by atoms with Gasteiger partial charge in [-0.2, -0.15) is 5.10 Å². The zero-order valence-electron chi connectivity index (χ0n) is 16.5. The zero-order chi connectivity index (χ0) is 21.3. The van der Waals surface area contributed by atoms with Gasteiger partial charge in [-0.1, -0.05) is 0 Å². The maximum atomic E-state index is 13.2. The minimum absolute atomic E-state index is 0.0281. The second-order valence-corrected chi connectivity index (χ2v) is 9.02. The molecular weight excluding hydrogens is 397 g/mol. The molecule has 3 N–H and O–H groups in total. The number of rotatable bonds is 4. The van der Waals surface area contributed by atoms with Gasteiger partial charge in [-0.15, -0.1) is 11.8 Å². The summed E-state index contributed by atoms with van der Waals surface area (Å²) in [6, 6.07) is 3.96. The first-order chi connectivity index (χ1) is 13.6. The van der Waals surface area contributed by atoms with Crippen molar-refractivity contribution in [3.8, 4) is 0 Å². The number of amides is 3. The molecule has 0 aromatic heterocycles. The van der Waals surface area contributed by atoms with E-state index in [9.17, 15) is 18.8 Å². The number of nitrogens with two attached hydrogens (primary N) is 1. The summed E-state index contributed by atoms with van der Waals surface area (Å²) in [5.41, 5.74) is 5.68. The Bertz CT molecular complexity index is 852. The van der Waals surface area contributed by atoms with Crippen LogP contribution in [-0.4, -0.2) is 57.6 Å². The van der Waals surface area contributed by atoms with Crippen LogP contribution in [0.5, 0.6) is 0 Å². The van der Waals surface area contributed by atoms with Crippen LogP contribution in [0.1, 0.15) is 27.2 Å². The molecule has 3 rings (SSSR count). The highest BCUT2D eigenvalue weighted by Crippen LogP contribution is 2.28. The van der Waals surface area contributed by atoms with Gasteiger partial charge in [0.15, 0.2) is 0 Å². The van der Waals surface area contributed by atoms with Crippen LogP contribution in [0.2, 0.25) is 0 Å². The second-order valence-electron chi connectivity index (χ2n) is 8.02. The third-order valence-corrected chi connectivity index (χ3v) is 5.53. The summed E-state index contributed by atoms with van der Waals surface area (Å²) < 4.78 is 13.2. The number of hydrogen-bond donors (Lipinski definition) is 2. The lowest BCUT2D eigenvalue weighted by molar-refractivity contribution is -0.134. The third-order valence-electron chi connectivity index (χ3n) is 4.52. The van der Waals surface area contributed by atoms with Crippen LogP contribution in [-0.2, 0) is 14.4 Å². The van der Waals surface area contributed by atoms with Crippen LogP contribution in [0.4, 0.5) is 10.1 Å². The van der Waals surface area contributed by atoms with Gasteiger partial charge in [-0.25, -0.2) is 4.39 Å². The third kappa shape index (κ3) is 4.69. The Labute approximate surface area is 172 Å². The predicted molar refractivity (Wildman–Crippen MR) is 110 cm³/mol. The number of thioether (sulfide) groups is 1. The number of benzene rings is 1. The van der Waals surface area contributed by atoms with Crippen molar-refractivity contribution in [1.29, 1.82) is 0 Å². The molecule has 1 saturated heterocycles. The van der Waals surface area contributed by atoms with E-state index < -0.39 is 35.3 Å². The second kappa shape index (κ2) is 8.02. The first-order valence-electron chi connectivity index (χ1n) is 9.19. The number of nitrogens with zero attached hydrogens (tertiary/aromatic N) is 3. The van der Waals surface area contributed by atoms with Gasteiger partial charge >= 0.3 is 0 Å². The molecule has 0 radical (unpaired) electrons. The number of anilines is 1. The standard InChI is InChI=1S/C19H24FN5O3S/c1-19(2,3)22-17(27)15-9-29-10-24(15)18(28)13-8-14(16(21)26)25(23-13)12-6-4-11(20)5-7-12/h4-7,14-15H,8-10H2,1-3H3,(H2,21,26)(H,22,27). The van der Waals surface area contributed by atoms with E-state index in [4.69, 9.17) is 5.73 Å². The van der Waals surface area contributed by atoms with Gasteiger partial charge in [0.25, 0.3) is 5.91 Å². The monoisotopic (exact) mass is 421 g/mol. The predicted octanol–water partition coefficient (Wildman–Crippen LogP) is 1.06. The molecule has 0 aliphatic carbocycles. The van der Waals surface area contributed by atoms with Gasteiger partial charge in [0.2, 0.25) is 11.8 Å². The van der Waals surface area contributed by atoms with Gasteiger partial charge < -0.3 is 16.0 Å². The van der Waals surface area contributed by atoms with Gasteiger partial charge in [-0.3, -0.25) is 19.4 Å². The number of hydrogen-bond acceptors (Lipinski definition) is 6. The minimum Gasteiger partial charge on any atom is -0.368 e. The topological polar surface area (TPSA) is 108 Å². The molecule has 1 fully saturated rings. The maximum Gasteiger partial charge on any atom is 0.271 e. The van der Waals surface area contributed by atoms with E-state index in [1.54, 1.807) is 0 Å². The summed E-state index contributed by atoms with van der Waals surface area (Å²) in [5.74, 6) is -0.847. The number of hydrazone groups is 1. The highest BCUT2D eigenvalue weighted by atomic mass is 32.2. The van der Waals surface area contributed by atoms with E-state index in [1.165, 1.54) is 45.9 Å². The number of primary amides is 1. The molecule has 2 unspecified atom stereocenters. The van der Waals surface area contributed by atoms with E-state index in [-0.39, 0.29) is 18.0 Å². The molecule has 0 saturated carbocycles. The van der Waals surface area contributed by atoms with Crippen LogP contribution in [0.25, 0.3) is 0 Å². The SMILES string of the molecule is CC(C)(C)NC(=O)C1CSCN1C(=O)C1=NN(c2ccc(F)cc2)C(C(N)=O)C1. The van der Waals surface area contributed by atoms with Crippen molar-refractivity contribution in [1.82, 2.24) is 10.2 Å². The number of carbonyl (C=O) groups excluding carboxylic acids is 3. The summed E-state index contributed by atoms with van der Waals surface area (Å²) >= 11 is 1.48. The highest BCUT2D eigenvalue weighted by Gasteiger charge is 2.41. The molecule has 2 heterocycles. The van der Waals surface area contributed by atoms with E-state index in [2.05, 4.69) is 10.4 Å². The fourth-order valence-corrected chi connectivity index (χ4v) is 4.33. The fourth-order valence-electron chi connectivity index (χ4n) is 3.17. The quantitative estimate of drug-likeness (QED) is 0.756. The first-order valence-corrected chi connectivity index (χ1v) is 10.3. The van der Waals surface area contributed by atoms with Gasteiger partial charge in [0.05, 0.1) is 11.6 Å². The Morgan fingerprint density at radius 3 is 2.45 bits per heavy atom. The number of nitrogens with one attached hydrogen (secondary N) is 1. The van der Waals surface area contributed by atoms with Crippen molar-refractivity contribution in [2.45, 2.75) is 44.8 Å². The largest absolute Gasteiger partial charge is 0.368 e. The average molecular weight is 421 g/mol. The molecule has 0 bridgehead atoms. The summed E-state index contributed by atoms with van der Waals surface area (Å²) in [6.07, 6.45) is 0.0281. The summed E-state index contributed by atoms with van der Waals surface area (Å²) in [7, 11) is 0. The van der Waals surface area contributed by atoms with E-state index in [0.717, 1.165) is 0 Å². The van der Waals surface area contributed by atoms with Crippen LogP contribution in [0.3, 0.4) is 0 Å². The molecule has 8 nitrogen and oxygen atoms in total. The van der Waals surface area contributed by atoms with Crippen LogP contribution >= 0.6 is 11.8 Å². The molecular formula is C19H24FN5O3S. The van der Waals surface area contributed by atoms with E-state index in [1.807, 2.05) is 20.8 Å². The van der Waals surface area contributed by atoms with Gasteiger partial charge in [0.1, 0.15) is 23.6 Å². The number of halogens is 1. The lowest BCUT2D eigenvalue weighted by Gasteiger charge is -2.27. The van der Waals surface area contributed by atoms with Crippen LogP contribution in [0, 0.1) is 5.82 Å². The van der Waals surface area contributed by atoms with Gasteiger partial charge in [-0.05, 0) is 45.0 Å². The Morgan fingerprint density at radius 2 is 1.86 bits per heavy atom. The van der Waals surface area contributed by atoms with Crippen molar-refractivity contribution >= 4 is 40.9 Å². The smallest absolute Gasteiger partial charge is 0.271 e. The maximum absolute atomic E-state index is 13.2. The highest BCUT2D eigenvalue weighted by molar-refractivity contribution is 7.99. The normalized spacial score (nSPS) is 21.9. The Morgan fingerprint density at radius 1 is 1.21 bits per heavy atom. The molecule has 0 spiro atoms. The molecule has 10 heteroatoms. The molecule has 2 aliphatic heterocycles. The van der Waals surface area contributed by atoms with Crippen LogP contribution < -0.4 is 16.1 Å². The van der Waals surface area contributed by atoms with Crippen molar-refractivity contribution in [2.75, 3.05) is 16.6 Å². The molecule has 1 aromatic rings. The Hall–Kier alpha value is -2.62. The molecule has 156 valence electrons. The summed E-state index contributed by atoms with van der Waals surface area (Å²) in [5, 5.41) is 8.53. The molecule has 29 heavy (non-hydrogen) atoms. The average Bonchev–Trinajstić information content (AvgIpc) is 3.28. The van der Waals surface area contributed by atoms with Crippen LogP contribution in [0.15, 0.2) is 29.4 Å². The molecule has 1 aromatic carbocycles. The lowest BCUT2D eigenvalue weighted by atomic mass is 10.1. The van der Waals surface area contributed by atoms with E-state index in [0.29, 0.717) is 17.3 Å². The Balaban J connectivity index is 1.82. The lowest BCUT2D eigenvalue weighted by Crippen LogP contribution is -2.53. The number of carbonyl (C=O) groups is 3. The molecule has 2 aliphatic rings. The minimum atomic E-state index is -0.850. The van der Waals surface area contributed by atoms with Crippen molar-refractivity contribution in [3.63, 3.8) is 0 Å². The first kappa shape index (κ1) is 21.1.